The van der Waals surface area contributed by atoms with Crippen molar-refractivity contribution in [2.75, 3.05) is 11.9 Å². The molecule has 1 aromatic carbocycles. The molecule has 1 aromatic heterocycles. The summed E-state index contributed by atoms with van der Waals surface area (Å²) < 4.78 is 0. The van der Waals surface area contributed by atoms with Crippen molar-refractivity contribution in [3.05, 3.63) is 70.0 Å². The van der Waals surface area contributed by atoms with Gasteiger partial charge in [0.1, 0.15) is 0 Å². The Bertz CT molecular complexity index is 688. The van der Waals surface area contributed by atoms with Crippen molar-refractivity contribution in [3.8, 4) is 0 Å². The lowest BCUT2D eigenvalue weighted by Crippen LogP contribution is -2.25. The van der Waals surface area contributed by atoms with Crippen molar-refractivity contribution in [3.63, 3.8) is 0 Å². The van der Waals surface area contributed by atoms with Crippen LogP contribution >= 0.6 is 0 Å². The van der Waals surface area contributed by atoms with Crippen LogP contribution in [0, 0.1) is 10.1 Å². The fourth-order valence-electron chi connectivity index (χ4n) is 2.76. The van der Waals surface area contributed by atoms with E-state index in [9.17, 15) is 14.9 Å². The van der Waals surface area contributed by atoms with Crippen LogP contribution in [0.1, 0.15) is 23.1 Å². The zero-order valence-electron chi connectivity index (χ0n) is 11.1. The number of anilines is 1. The number of nitrogens with one attached hydrogen (secondary N) is 1. The first kappa shape index (κ1) is 13.2. The highest BCUT2D eigenvalue weighted by Crippen LogP contribution is 2.41. The molecule has 2 aromatic rings. The summed E-state index contributed by atoms with van der Waals surface area (Å²) in [5.41, 5.74) is 2.07. The van der Waals surface area contributed by atoms with Crippen LogP contribution in [0.5, 0.6) is 0 Å². The first-order chi connectivity index (χ1) is 10.2. The highest BCUT2D eigenvalue weighted by atomic mass is 16.6. The minimum absolute atomic E-state index is 0.214. The second kappa shape index (κ2) is 5.32. The van der Waals surface area contributed by atoms with Gasteiger partial charge in [-0.2, -0.15) is 0 Å². The van der Waals surface area contributed by atoms with Gasteiger partial charge in [-0.25, -0.2) is 0 Å². The summed E-state index contributed by atoms with van der Waals surface area (Å²) in [6, 6.07) is 12.5. The average molecular weight is 283 g/mol. The molecule has 0 unspecified atom stereocenters. The maximum absolute atomic E-state index is 12.3. The van der Waals surface area contributed by atoms with Crippen LogP contribution in [0.4, 0.5) is 5.69 Å². The number of benzene rings is 1. The Labute approximate surface area is 121 Å². The zero-order chi connectivity index (χ0) is 14.8. The van der Waals surface area contributed by atoms with Gasteiger partial charge in [0.05, 0.1) is 17.5 Å². The van der Waals surface area contributed by atoms with Crippen molar-refractivity contribution in [1.29, 1.82) is 0 Å². The molecule has 6 heteroatoms. The largest absolute Gasteiger partial charge is 0.325 e. The Kier molecular flexibility index (Phi) is 3.35. The van der Waals surface area contributed by atoms with Crippen molar-refractivity contribution < 1.29 is 9.72 Å². The van der Waals surface area contributed by atoms with Crippen LogP contribution in [0.2, 0.25) is 0 Å². The number of nitro groups is 1. The summed E-state index contributed by atoms with van der Waals surface area (Å²) in [6.07, 6.45) is 1.58. The highest BCUT2D eigenvalue weighted by molar-refractivity contribution is 6.03. The monoisotopic (exact) mass is 283 g/mol. The number of hydrogen-bond acceptors (Lipinski definition) is 4. The number of amides is 1. The second-order valence-corrected chi connectivity index (χ2v) is 4.93. The third-order valence-electron chi connectivity index (χ3n) is 3.65. The van der Waals surface area contributed by atoms with Crippen LogP contribution in [0.15, 0.2) is 48.7 Å². The molecule has 1 aliphatic rings. The molecular weight excluding hydrogens is 270 g/mol. The summed E-state index contributed by atoms with van der Waals surface area (Å²) in [5, 5.41) is 13.8. The predicted molar refractivity (Wildman–Crippen MR) is 76.7 cm³/mol. The van der Waals surface area contributed by atoms with Crippen LogP contribution in [-0.2, 0) is 4.79 Å². The third kappa shape index (κ3) is 2.47. The quantitative estimate of drug-likeness (QED) is 0.688. The summed E-state index contributed by atoms with van der Waals surface area (Å²) in [7, 11) is 0. The van der Waals surface area contributed by atoms with Gasteiger partial charge in [0.25, 0.3) is 0 Å². The molecule has 3 rings (SSSR count). The van der Waals surface area contributed by atoms with Crippen molar-refractivity contribution >= 4 is 11.6 Å². The maximum Gasteiger partial charge on any atom is 0.232 e. The number of para-hydroxylation sites is 1. The molecule has 1 N–H and O–H groups in total. The number of fused-ring (bicyclic) bond motifs is 1. The highest BCUT2D eigenvalue weighted by Gasteiger charge is 2.40. The minimum Gasteiger partial charge on any atom is -0.325 e. The molecular formula is C15H13N3O3. The Morgan fingerprint density at radius 2 is 2.00 bits per heavy atom. The molecule has 21 heavy (non-hydrogen) atoms. The molecule has 0 spiro atoms. The average Bonchev–Trinajstić information content (AvgIpc) is 2.81. The van der Waals surface area contributed by atoms with E-state index in [-0.39, 0.29) is 12.5 Å². The van der Waals surface area contributed by atoms with E-state index < -0.39 is 16.8 Å². The van der Waals surface area contributed by atoms with E-state index in [0.29, 0.717) is 5.69 Å². The van der Waals surface area contributed by atoms with Crippen LogP contribution < -0.4 is 5.32 Å². The lowest BCUT2D eigenvalue weighted by molar-refractivity contribution is -0.483. The lowest BCUT2D eigenvalue weighted by Gasteiger charge is -2.18. The first-order valence-corrected chi connectivity index (χ1v) is 6.59. The normalized spacial score (nSPS) is 17.9. The zero-order valence-corrected chi connectivity index (χ0v) is 11.1. The van der Waals surface area contributed by atoms with Gasteiger partial charge < -0.3 is 5.32 Å². The molecule has 0 saturated heterocycles. The summed E-state index contributed by atoms with van der Waals surface area (Å²) in [6.45, 7) is -0.330. The summed E-state index contributed by atoms with van der Waals surface area (Å²) in [4.78, 5) is 27.1. The molecule has 0 radical (unpaired) electrons. The van der Waals surface area contributed by atoms with Crippen molar-refractivity contribution in [1.82, 2.24) is 4.98 Å². The minimum atomic E-state index is -0.582. The molecule has 0 bridgehead atoms. The smallest absolute Gasteiger partial charge is 0.232 e. The number of nitrogens with zero attached hydrogens (tertiary/aromatic N) is 2. The van der Waals surface area contributed by atoms with Gasteiger partial charge in [0, 0.05) is 16.8 Å². The van der Waals surface area contributed by atoms with E-state index in [1.54, 1.807) is 30.5 Å². The molecule has 1 aliphatic heterocycles. The Morgan fingerprint density at radius 1 is 1.24 bits per heavy atom. The number of rotatable bonds is 4. The van der Waals surface area contributed by atoms with Gasteiger partial charge in [0.2, 0.25) is 12.5 Å². The second-order valence-electron chi connectivity index (χ2n) is 4.93. The first-order valence-electron chi connectivity index (χ1n) is 6.59. The van der Waals surface area contributed by atoms with Crippen LogP contribution in [-0.4, -0.2) is 22.4 Å². The lowest BCUT2D eigenvalue weighted by atomic mass is 9.84. The summed E-state index contributed by atoms with van der Waals surface area (Å²) >= 11 is 0. The van der Waals surface area contributed by atoms with Crippen molar-refractivity contribution in [2.45, 2.75) is 11.8 Å². The summed E-state index contributed by atoms with van der Waals surface area (Å²) in [5.74, 6) is -1.37. The third-order valence-corrected chi connectivity index (χ3v) is 3.65. The predicted octanol–water partition coefficient (Wildman–Crippen LogP) is 2.18. The van der Waals surface area contributed by atoms with E-state index in [0.717, 1.165) is 11.3 Å². The molecule has 1 amide bonds. The van der Waals surface area contributed by atoms with Gasteiger partial charge in [0.15, 0.2) is 0 Å². The number of hydrogen-bond donors (Lipinski definition) is 1. The number of carbonyl (C=O) groups is 1. The molecule has 0 aliphatic carbocycles. The van der Waals surface area contributed by atoms with E-state index in [1.165, 1.54) is 0 Å². The van der Waals surface area contributed by atoms with Crippen LogP contribution in [0.25, 0.3) is 0 Å². The topological polar surface area (TPSA) is 85.1 Å². The van der Waals surface area contributed by atoms with Crippen molar-refractivity contribution in [2.24, 2.45) is 0 Å². The Morgan fingerprint density at radius 3 is 2.71 bits per heavy atom. The molecule has 2 heterocycles. The molecule has 0 saturated carbocycles. The van der Waals surface area contributed by atoms with E-state index in [2.05, 4.69) is 10.3 Å². The molecule has 106 valence electrons. The number of pyridine rings is 1. The molecule has 2 atom stereocenters. The van der Waals surface area contributed by atoms with E-state index in [1.807, 2.05) is 18.2 Å². The van der Waals surface area contributed by atoms with Gasteiger partial charge in [-0.3, -0.25) is 19.9 Å². The van der Waals surface area contributed by atoms with Gasteiger partial charge in [-0.1, -0.05) is 24.3 Å². The Hall–Kier alpha value is -2.76. The molecule has 6 nitrogen and oxygen atoms in total. The SMILES string of the molecule is O=C1Nc2ccccc2[C@H]1[C@H](C[N+](=O)[O-])c1ccccn1. The maximum atomic E-state index is 12.3. The standard InChI is InChI=1S/C15H13N3O3/c19-15-14(10-5-1-2-7-13(10)17-15)11(9-18(20)21)12-6-3-4-8-16-12/h1-8,11,14H,9H2,(H,17,19)/t11-,14+/m1/s1. The van der Waals surface area contributed by atoms with Gasteiger partial charge in [-0.05, 0) is 23.8 Å². The van der Waals surface area contributed by atoms with Crippen LogP contribution in [0.3, 0.4) is 0 Å². The van der Waals surface area contributed by atoms with Gasteiger partial charge in [-0.15, -0.1) is 0 Å². The Balaban J connectivity index is 2.05. The van der Waals surface area contributed by atoms with Gasteiger partial charge >= 0.3 is 0 Å². The van der Waals surface area contributed by atoms with E-state index in [4.69, 9.17) is 0 Å². The fraction of sp³-hybridized carbons (Fsp3) is 0.200. The van der Waals surface area contributed by atoms with E-state index >= 15 is 0 Å². The molecule has 0 fully saturated rings. The number of aromatic nitrogens is 1. The number of carbonyl (C=O) groups excluding carboxylic acids is 1. The fourth-order valence-corrected chi connectivity index (χ4v) is 2.76.